The van der Waals surface area contributed by atoms with E-state index in [4.69, 9.17) is 15.2 Å². The molecule has 14 heavy (non-hydrogen) atoms. The Kier molecular flexibility index (Phi) is 3.79. The summed E-state index contributed by atoms with van der Waals surface area (Å²) >= 11 is 0. The first kappa shape index (κ1) is 10.4. The molecular formula is C11H21NO2. The van der Waals surface area contributed by atoms with Gasteiger partial charge in [-0.3, -0.25) is 0 Å². The SMILES string of the molecule is N[C@H]1CC[C@H](OC2CCCCO2)CC1. The fraction of sp³-hybridized carbons (Fsp3) is 1.00. The molecule has 0 aromatic rings. The van der Waals surface area contributed by atoms with Crippen molar-refractivity contribution in [2.75, 3.05) is 6.61 Å². The highest BCUT2D eigenvalue weighted by molar-refractivity contribution is 4.75. The summed E-state index contributed by atoms with van der Waals surface area (Å²) in [5.41, 5.74) is 5.84. The molecule has 0 spiro atoms. The van der Waals surface area contributed by atoms with E-state index in [1.54, 1.807) is 0 Å². The molecule has 0 aromatic heterocycles. The lowest BCUT2D eigenvalue weighted by molar-refractivity contribution is -0.193. The van der Waals surface area contributed by atoms with E-state index in [9.17, 15) is 0 Å². The summed E-state index contributed by atoms with van der Waals surface area (Å²) in [7, 11) is 0. The largest absolute Gasteiger partial charge is 0.353 e. The maximum Gasteiger partial charge on any atom is 0.157 e. The first-order chi connectivity index (χ1) is 6.84. The van der Waals surface area contributed by atoms with Gasteiger partial charge in [0.2, 0.25) is 0 Å². The standard InChI is InChI=1S/C11H21NO2/c12-9-4-6-10(7-5-9)14-11-3-1-2-8-13-11/h9-11H,1-8,12H2/t9-,10-,11?. The molecule has 0 aromatic carbocycles. The monoisotopic (exact) mass is 199 g/mol. The van der Waals surface area contributed by atoms with E-state index in [2.05, 4.69) is 0 Å². The van der Waals surface area contributed by atoms with E-state index >= 15 is 0 Å². The molecule has 0 radical (unpaired) electrons. The van der Waals surface area contributed by atoms with Gasteiger partial charge in [-0.15, -0.1) is 0 Å². The predicted octanol–water partition coefficient (Wildman–Crippen LogP) is 1.80. The van der Waals surface area contributed by atoms with Gasteiger partial charge in [0.05, 0.1) is 6.10 Å². The second kappa shape index (κ2) is 5.10. The first-order valence-corrected chi connectivity index (χ1v) is 5.87. The molecule has 0 bridgehead atoms. The molecule has 2 N–H and O–H groups in total. The molecule has 1 aliphatic carbocycles. The fourth-order valence-electron chi connectivity index (χ4n) is 2.26. The molecule has 1 heterocycles. The molecule has 3 heteroatoms. The van der Waals surface area contributed by atoms with E-state index in [1.807, 2.05) is 0 Å². The van der Waals surface area contributed by atoms with Crippen LogP contribution in [0.3, 0.4) is 0 Å². The minimum Gasteiger partial charge on any atom is -0.353 e. The van der Waals surface area contributed by atoms with Gasteiger partial charge in [-0.1, -0.05) is 0 Å². The summed E-state index contributed by atoms with van der Waals surface area (Å²) in [6.07, 6.45) is 8.42. The van der Waals surface area contributed by atoms with Crippen LogP contribution in [0.25, 0.3) is 0 Å². The molecule has 0 amide bonds. The van der Waals surface area contributed by atoms with Gasteiger partial charge in [-0.2, -0.15) is 0 Å². The van der Waals surface area contributed by atoms with Crippen molar-refractivity contribution in [3.05, 3.63) is 0 Å². The summed E-state index contributed by atoms with van der Waals surface area (Å²) in [4.78, 5) is 0. The number of hydrogen-bond donors (Lipinski definition) is 1. The Hall–Kier alpha value is -0.120. The van der Waals surface area contributed by atoms with Crippen LogP contribution in [0.15, 0.2) is 0 Å². The van der Waals surface area contributed by atoms with Crippen molar-refractivity contribution >= 4 is 0 Å². The van der Waals surface area contributed by atoms with Crippen LogP contribution >= 0.6 is 0 Å². The number of ether oxygens (including phenoxy) is 2. The summed E-state index contributed by atoms with van der Waals surface area (Å²) < 4.78 is 11.5. The van der Waals surface area contributed by atoms with Crippen LogP contribution in [0, 0.1) is 0 Å². The van der Waals surface area contributed by atoms with Crippen molar-refractivity contribution in [1.29, 1.82) is 0 Å². The quantitative estimate of drug-likeness (QED) is 0.737. The van der Waals surface area contributed by atoms with E-state index in [-0.39, 0.29) is 6.29 Å². The second-order valence-electron chi connectivity index (χ2n) is 4.47. The highest BCUT2D eigenvalue weighted by Crippen LogP contribution is 2.24. The molecule has 2 rings (SSSR count). The zero-order valence-electron chi connectivity index (χ0n) is 8.78. The van der Waals surface area contributed by atoms with Crippen molar-refractivity contribution in [2.45, 2.75) is 63.4 Å². The van der Waals surface area contributed by atoms with Crippen LogP contribution in [0.1, 0.15) is 44.9 Å². The van der Waals surface area contributed by atoms with Crippen molar-refractivity contribution in [3.63, 3.8) is 0 Å². The maximum atomic E-state index is 5.90. The lowest BCUT2D eigenvalue weighted by atomic mass is 9.94. The molecule has 3 nitrogen and oxygen atoms in total. The second-order valence-corrected chi connectivity index (χ2v) is 4.47. The Morgan fingerprint density at radius 2 is 1.79 bits per heavy atom. The highest BCUT2D eigenvalue weighted by Gasteiger charge is 2.23. The topological polar surface area (TPSA) is 44.5 Å². The third kappa shape index (κ3) is 2.94. The van der Waals surface area contributed by atoms with E-state index in [1.165, 1.54) is 12.8 Å². The lowest BCUT2D eigenvalue weighted by Gasteiger charge is -2.31. The van der Waals surface area contributed by atoms with Crippen molar-refractivity contribution < 1.29 is 9.47 Å². The third-order valence-corrected chi connectivity index (χ3v) is 3.20. The van der Waals surface area contributed by atoms with Crippen molar-refractivity contribution in [1.82, 2.24) is 0 Å². The Balaban J connectivity index is 1.68. The maximum absolute atomic E-state index is 5.90. The van der Waals surface area contributed by atoms with Crippen LogP contribution in [0.4, 0.5) is 0 Å². The van der Waals surface area contributed by atoms with Crippen LogP contribution in [-0.4, -0.2) is 25.0 Å². The minimum atomic E-state index is 0.0723. The Morgan fingerprint density at radius 3 is 2.43 bits per heavy atom. The molecular weight excluding hydrogens is 178 g/mol. The molecule has 1 atom stereocenters. The van der Waals surface area contributed by atoms with Gasteiger partial charge in [0.25, 0.3) is 0 Å². The number of rotatable bonds is 2. The van der Waals surface area contributed by atoms with Gasteiger partial charge < -0.3 is 15.2 Å². The first-order valence-electron chi connectivity index (χ1n) is 5.87. The van der Waals surface area contributed by atoms with Gasteiger partial charge in [0.1, 0.15) is 0 Å². The molecule has 1 saturated carbocycles. The average molecular weight is 199 g/mol. The van der Waals surface area contributed by atoms with Crippen LogP contribution in [-0.2, 0) is 9.47 Å². The molecule has 1 unspecified atom stereocenters. The normalized spacial score (nSPS) is 39.6. The zero-order chi connectivity index (χ0) is 9.80. The van der Waals surface area contributed by atoms with E-state index < -0.39 is 0 Å². The molecule has 1 aliphatic heterocycles. The van der Waals surface area contributed by atoms with Gasteiger partial charge in [-0.05, 0) is 44.9 Å². The van der Waals surface area contributed by atoms with Crippen LogP contribution in [0.2, 0.25) is 0 Å². The van der Waals surface area contributed by atoms with Gasteiger partial charge in [0, 0.05) is 12.6 Å². The van der Waals surface area contributed by atoms with Gasteiger partial charge in [-0.25, -0.2) is 0 Å². The molecule has 82 valence electrons. The van der Waals surface area contributed by atoms with Crippen LogP contribution in [0.5, 0.6) is 0 Å². The van der Waals surface area contributed by atoms with Crippen molar-refractivity contribution in [2.24, 2.45) is 5.73 Å². The average Bonchev–Trinajstić information content (AvgIpc) is 2.23. The van der Waals surface area contributed by atoms with Crippen LogP contribution < -0.4 is 5.73 Å². The summed E-state index contributed by atoms with van der Waals surface area (Å²) in [6, 6.07) is 0.405. The number of nitrogens with two attached hydrogens (primary N) is 1. The smallest absolute Gasteiger partial charge is 0.157 e. The minimum absolute atomic E-state index is 0.0723. The predicted molar refractivity (Wildman–Crippen MR) is 54.9 cm³/mol. The van der Waals surface area contributed by atoms with E-state index in [0.717, 1.165) is 38.7 Å². The molecule has 1 saturated heterocycles. The summed E-state index contributed by atoms with van der Waals surface area (Å²) in [6.45, 7) is 0.872. The summed E-state index contributed by atoms with van der Waals surface area (Å²) in [5.74, 6) is 0. The number of hydrogen-bond acceptors (Lipinski definition) is 3. The Bertz CT molecular complexity index is 161. The van der Waals surface area contributed by atoms with Gasteiger partial charge >= 0.3 is 0 Å². The van der Waals surface area contributed by atoms with Crippen molar-refractivity contribution in [3.8, 4) is 0 Å². The van der Waals surface area contributed by atoms with E-state index in [0.29, 0.717) is 12.1 Å². The summed E-state index contributed by atoms with van der Waals surface area (Å²) in [5, 5.41) is 0. The molecule has 2 aliphatic rings. The fourth-order valence-corrected chi connectivity index (χ4v) is 2.26. The zero-order valence-corrected chi connectivity index (χ0v) is 8.78. The Labute approximate surface area is 85.9 Å². The Morgan fingerprint density at radius 1 is 1.00 bits per heavy atom. The van der Waals surface area contributed by atoms with Gasteiger partial charge in [0.15, 0.2) is 6.29 Å². The third-order valence-electron chi connectivity index (χ3n) is 3.20. The lowest BCUT2D eigenvalue weighted by Crippen LogP contribution is -2.34. The highest BCUT2D eigenvalue weighted by atomic mass is 16.7. The molecule has 2 fully saturated rings.